The molecule has 31 heavy (non-hydrogen) atoms. The lowest BCUT2D eigenvalue weighted by Crippen LogP contribution is -2.29. The average Bonchev–Trinajstić information content (AvgIpc) is 3.28. The van der Waals surface area contributed by atoms with Crippen LogP contribution in [0.1, 0.15) is 21.7 Å². The number of benzene rings is 2. The van der Waals surface area contributed by atoms with Gasteiger partial charge in [-0.15, -0.1) is 11.3 Å². The van der Waals surface area contributed by atoms with E-state index in [1.807, 2.05) is 48.5 Å². The molecule has 0 bridgehead atoms. The number of thiazole rings is 1. The molecule has 3 aromatic heterocycles. The van der Waals surface area contributed by atoms with Crippen molar-refractivity contribution in [3.8, 4) is 0 Å². The molecule has 3 heterocycles. The first-order chi connectivity index (χ1) is 15.2. The van der Waals surface area contributed by atoms with Gasteiger partial charge in [-0.3, -0.25) is 14.6 Å². The first-order valence-electron chi connectivity index (χ1n) is 9.69. The van der Waals surface area contributed by atoms with Gasteiger partial charge in [0.25, 0.3) is 11.5 Å². The van der Waals surface area contributed by atoms with Gasteiger partial charge in [0.1, 0.15) is 0 Å². The van der Waals surface area contributed by atoms with E-state index in [0.717, 1.165) is 21.3 Å². The van der Waals surface area contributed by atoms with Gasteiger partial charge in [-0.1, -0.05) is 24.3 Å². The molecule has 5 aromatic rings. The molecule has 0 atom stereocenters. The van der Waals surface area contributed by atoms with Crippen LogP contribution in [-0.2, 0) is 13.1 Å². The normalized spacial score (nSPS) is 11.1. The first-order valence-corrected chi connectivity index (χ1v) is 10.6. The first kappa shape index (κ1) is 19.1. The number of carbonyl (C=O) groups is 1. The second-order valence-electron chi connectivity index (χ2n) is 6.99. The topological polar surface area (TPSA) is 89.8 Å². The van der Waals surface area contributed by atoms with Crippen LogP contribution >= 0.6 is 11.3 Å². The zero-order valence-corrected chi connectivity index (χ0v) is 17.2. The molecule has 5 rings (SSSR count). The number of amides is 1. The maximum atomic E-state index is 12.9. The van der Waals surface area contributed by atoms with Crippen molar-refractivity contribution >= 4 is 38.2 Å². The van der Waals surface area contributed by atoms with E-state index >= 15 is 0 Å². The second-order valence-corrected chi connectivity index (χ2v) is 7.88. The van der Waals surface area contributed by atoms with E-state index in [9.17, 15) is 9.59 Å². The number of nitrogens with one attached hydrogen (secondary N) is 1. The molecule has 0 unspecified atom stereocenters. The van der Waals surface area contributed by atoms with E-state index in [2.05, 4.69) is 20.4 Å². The number of rotatable bonds is 5. The quantitative estimate of drug-likeness (QED) is 0.464. The Kier molecular flexibility index (Phi) is 4.97. The molecule has 7 nitrogen and oxygen atoms in total. The minimum atomic E-state index is -0.205. The number of hydrogen-bond donors (Lipinski definition) is 1. The number of nitrogens with zero attached hydrogens (tertiary/aromatic N) is 4. The van der Waals surface area contributed by atoms with E-state index < -0.39 is 0 Å². The van der Waals surface area contributed by atoms with Crippen LogP contribution in [0.25, 0.3) is 21.0 Å². The van der Waals surface area contributed by atoms with Crippen molar-refractivity contribution in [1.29, 1.82) is 0 Å². The minimum absolute atomic E-state index is 0.188. The van der Waals surface area contributed by atoms with E-state index in [-0.39, 0.29) is 24.6 Å². The largest absolute Gasteiger partial charge is 0.346 e. The van der Waals surface area contributed by atoms with Crippen LogP contribution in [0.3, 0.4) is 0 Å². The molecule has 0 aliphatic carbocycles. The average molecular weight is 427 g/mol. The molecular weight excluding hydrogens is 410 g/mol. The third-order valence-electron chi connectivity index (χ3n) is 4.99. The second kappa shape index (κ2) is 8.08. The van der Waals surface area contributed by atoms with E-state index in [1.54, 1.807) is 23.8 Å². The van der Waals surface area contributed by atoms with Gasteiger partial charge >= 0.3 is 0 Å². The smallest absolute Gasteiger partial charge is 0.275 e. The Balaban J connectivity index is 1.46. The molecule has 0 fully saturated rings. The molecule has 2 aromatic carbocycles. The van der Waals surface area contributed by atoms with E-state index in [0.29, 0.717) is 16.6 Å². The fourth-order valence-electron chi connectivity index (χ4n) is 3.45. The molecule has 1 amide bonds. The maximum absolute atomic E-state index is 12.9. The Morgan fingerprint density at radius 1 is 1.00 bits per heavy atom. The summed E-state index contributed by atoms with van der Waals surface area (Å²) in [6, 6.07) is 18.3. The van der Waals surface area contributed by atoms with E-state index in [4.69, 9.17) is 0 Å². The molecule has 1 N–H and O–H groups in total. The predicted octanol–water partition coefficient (Wildman–Crippen LogP) is 3.38. The van der Waals surface area contributed by atoms with Crippen LogP contribution < -0.4 is 10.9 Å². The highest BCUT2D eigenvalue weighted by atomic mass is 32.1. The van der Waals surface area contributed by atoms with Crippen molar-refractivity contribution in [2.45, 2.75) is 13.1 Å². The molecule has 8 heteroatoms. The lowest BCUT2D eigenvalue weighted by molar-refractivity contribution is 0.0950. The van der Waals surface area contributed by atoms with Crippen LogP contribution in [-0.4, -0.2) is 25.7 Å². The maximum Gasteiger partial charge on any atom is 0.275 e. The Bertz CT molecular complexity index is 1460. The highest BCUT2D eigenvalue weighted by Gasteiger charge is 2.13. The zero-order valence-electron chi connectivity index (χ0n) is 16.4. The summed E-state index contributed by atoms with van der Waals surface area (Å²) in [5.41, 5.74) is 4.36. The van der Waals surface area contributed by atoms with Gasteiger partial charge in [-0.25, -0.2) is 9.67 Å². The van der Waals surface area contributed by atoms with Crippen molar-refractivity contribution in [3.05, 3.63) is 99.7 Å². The van der Waals surface area contributed by atoms with E-state index in [1.165, 1.54) is 16.0 Å². The van der Waals surface area contributed by atoms with Gasteiger partial charge in [0.15, 0.2) is 0 Å². The summed E-state index contributed by atoms with van der Waals surface area (Å²) in [5.74, 6) is -0.205. The fraction of sp³-hybridized carbons (Fsp3) is 0.0870. The van der Waals surface area contributed by atoms with Gasteiger partial charge in [0.2, 0.25) is 0 Å². The zero-order chi connectivity index (χ0) is 21.2. The number of pyridine rings is 1. The standard InChI is InChI=1S/C23H17N5O2S/c29-22(15-8-9-19-21(11-15)31-14-26-19)25-12-20-17-6-1-2-7-18(17)23(30)28(27-20)13-16-5-3-4-10-24-16/h1-11,14H,12-13H2,(H,25,29). The molecule has 152 valence electrons. The Morgan fingerprint density at radius 3 is 2.68 bits per heavy atom. The van der Waals surface area contributed by atoms with Crippen LogP contribution in [0.5, 0.6) is 0 Å². The molecule has 0 radical (unpaired) electrons. The minimum Gasteiger partial charge on any atom is -0.346 e. The summed E-state index contributed by atoms with van der Waals surface area (Å²) < 4.78 is 2.36. The molecule has 0 spiro atoms. The van der Waals surface area contributed by atoms with Crippen LogP contribution in [0.2, 0.25) is 0 Å². The number of carbonyl (C=O) groups excluding carboxylic acids is 1. The number of hydrogen-bond acceptors (Lipinski definition) is 6. The Morgan fingerprint density at radius 2 is 1.84 bits per heavy atom. The summed E-state index contributed by atoms with van der Waals surface area (Å²) in [6.45, 7) is 0.454. The molecule has 0 saturated heterocycles. The third kappa shape index (κ3) is 3.80. The molecule has 0 aliphatic rings. The Labute approximate surface area is 181 Å². The summed E-state index contributed by atoms with van der Waals surface area (Å²) in [5, 5.41) is 8.76. The third-order valence-corrected chi connectivity index (χ3v) is 5.78. The monoisotopic (exact) mass is 427 g/mol. The van der Waals surface area contributed by atoms with Crippen molar-refractivity contribution < 1.29 is 4.79 Å². The summed E-state index contributed by atoms with van der Waals surface area (Å²) >= 11 is 1.49. The highest BCUT2D eigenvalue weighted by Crippen LogP contribution is 2.19. The van der Waals surface area contributed by atoms with Gasteiger partial charge in [0.05, 0.1) is 45.6 Å². The molecule has 0 saturated carbocycles. The van der Waals surface area contributed by atoms with Crippen molar-refractivity contribution in [3.63, 3.8) is 0 Å². The lowest BCUT2D eigenvalue weighted by atomic mass is 10.1. The van der Waals surface area contributed by atoms with Gasteiger partial charge in [-0.05, 0) is 36.4 Å². The van der Waals surface area contributed by atoms with Crippen molar-refractivity contribution in [1.82, 2.24) is 25.1 Å². The van der Waals surface area contributed by atoms with Gasteiger partial charge in [0, 0.05) is 17.1 Å². The lowest BCUT2D eigenvalue weighted by Gasteiger charge is -2.12. The Hall–Kier alpha value is -3.91. The van der Waals surface area contributed by atoms with Gasteiger partial charge < -0.3 is 5.32 Å². The summed E-state index contributed by atoms with van der Waals surface area (Å²) in [6.07, 6.45) is 1.68. The fourth-order valence-corrected chi connectivity index (χ4v) is 4.17. The summed E-state index contributed by atoms with van der Waals surface area (Å²) in [7, 11) is 0. The number of aromatic nitrogens is 4. The van der Waals surface area contributed by atoms with Crippen LogP contribution in [0.15, 0.2) is 77.2 Å². The summed E-state index contributed by atoms with van der Waals surface area (Å²) in [4.78, 5) is 34.2. The predicted molar refractivity (Wildman–Crippen MR) is 120 cm³/mol. The SMILES string of the molecule is O=C(NCc1nn(Cc2ccccn2)c(=O)c2ccccc12)c1ccc2ncsc2c1. The highest BCUT2D eigenvalue weighted by molar-refractivity contribution is 7.16. The number of fused-ring (bicyclic) bond motifs is 2. The molecular formula is C23H17N5O2S. The molecule has 0 aliphatic heterocycles. The van der Waals surface area contributed by atoms with Crippen LogP contribution in [0.4, 0.5) is 0 Å². The van der Waals surface area contributed by atoms with Crippen molar-refractivity contribution in [2.75, 3.05) is 0 Å². The van der Waals surface area contributed by atoms with Crippen LogP contribution in [0, 0.1) is 0 Å². The van der Waals surface area contributed by atoms with Gasteiger partial charge in [-0.2, -0.15) is 5.10 Å². The van der Waals surface area contributed by atoms with Crippen molar-refractivity contribution in [2.24, 2.45) is 0 Å².